The third-order valence-electron chi connectivity index (χ3n) is 2.93. The summed E-state index contributed by atoms with van der Waals surface area (Å²) in [5, 5.41) is 4.53. The molecule has 2 heterocycles. The molecule has 3 rings (SSSR count). The van der Waals surface area contributed by atoms with Crippen molar-refractivity contribution in [2.24, 2.45) is 0 Å². The molecule has 0 radical (unpaired) electrons. The van der Waals surface area contributed by atoms with E-state index >= 15 is 0 Å². The summed E-state index contributed by atoms with van der Waals surface area (Å²) >= 11 is 3.06. The fourth-order valence-corrected chi connectivity index (χ4v) is 3.51. The van der Waals surface area contributed by atoms with Gasteiger partial charge in [-0.25, -0.2) is 4.98 Å². The second-order valence-electron chi connectivity index (χ2n) is 4.54. The number of anilines is 1. The van der Waals surface area contributed by atoms with E-state index in [-0.39, 0.29) is 0 Å². The number of nitrogen functional groups attached to an aromatic ring is 1. The molecule has 3 aromatic rings. The number of benzene rings is 1. The Morgan fingerprint density at radius 1 is 1.24 bits per heavy atom. The Morgan fingerprint density at radius 3 is 2.76 bits per heavy atom. The smallest absolute Gasteiger partial charge is 0.270 e. The van der Waals surface area contributed by atoms with E-state index in [9.17, 15) is 0 Å². The standard InChI is InChI=1S/C14H14N4OS2/c1-8-5-3-4-6-10(8)20-7-11-17-13(19-18-11)12-9(2)16-14(15)21-12/h3-6H,7H2,1-2H3,(H2,15,16). The molecule has 0 unspecified atom stereocenters. The van der Waals surface area contributed by atoms with Crippen molar-refractivity contribution in [1.82, 2.24) is 15.1 Å². The molecule has 108 valence electrons. The van der Waals surface area contributed by atoms with Crippen molar-refractivity contribution < 1.29 is 4.52 Å². The van der Waals surface area contributed by atoms with Crippen molar-refractivity contribution in [3.05, 3.63) is 41.3 Å². The Morgan fingerprint density at radius 2 is 2.05 bits per heavy atom. The van der Waals surface area contributed by atoms with Crippen LogP contribution in [0.15, 0.2) is 33.7 Å². The molecule has 0 aliphatic rings. The molecule has 0 fully saturated rings. The zero-order valence-corrected chi connectivity index (χ0v) is 13.3. The van der Waals surface area contributed by atoms with E-state index in [1.807, 2.05) is 19.1 Å². The van der Waals surface area contributed by atoms with Crippen molar-refractivity contribution >= 4 is 28.2 Å². The van der Waals surface area contributed by atoms with Gasteiger partial charge < -0.3 is 10.3 Å². The molecule has 0 amide bonds. The van der Waals surface area contributed by atoms with Crippen LogP contribution in [0, 0.1) is 13.8 Å². The molecular weight excluding hydrogens is 304 g/mol. The Bertz CT molecular complexity index is 766. The molecule has 21 heavy (non-hydrogen) atoms. The zero-order valence-electron chi connectivity index (χ0n) is 11.7. The highest BCUT2D eigenvalue weighted by Gasteiger charge is 2.15. The molecule has 0 saturated carbocycles. The first-order valence-electron chi connectivity index (χ1n) is 6.38. The number of rotatable bonds is 4. The number of hydrogen-bond donors (Lipinski definition) is 1. The first kappa shape index (κ1) is 14.1. The maximum absolute atomic E-state index is 5.69. The van der Waals surface area contributed by atoms with Crippen molar-refractivity contribution in [2.45, 2.75) is 24.5 Å². The van der Waals surface area contributed by atoms with Gasteiger partial charge in [-0.15, -0.1) is 11.8 Å². The zero-order chi connectivity index (χ0) is 14.8. The maximum Gasteiger partial charge on any atom is 0.270 e. The summed E-state index contributed by atoms with van der Waals surface area (Å²) in [6.45, 7) is 3.97. The SMILES string of the molecule is Cc1ccccc1SCc1noc(-c2sc(N)nc2C)n1. The molecular formula is C14H14N4OS2. The normalized spacial score (nSPS) is 11.0. The van der Waals surface area contributed by atoms with Crippen molar-refractivity contribution in [2.75, 3.05) is 5.73 Å². The number of hydrogen-bond acceptors (Lipinski definition) is 7. The average molecular weight is 318 g/mol. The van der Waals surface area contributed by atoms with Crippen LogP contribution in [0.5, 0.6) is 0 Å². The summed E-state index contributed by atoms with van der Waals surface area (Å²) in [4.78, 5) is 10.6. The van der Waals surface area contributed by atoms with Gasteiger partial charge in [0, 0.05) is 4.90 Å². The second-order valence-corrected chi connectivity index (χ2v) is 6.58. The highest BCUT2D eigenvalue weighted by molar-refractivity contribution is 7.98. The number of aryl methyl sites for hydroxylation is 2. The molecule has 2 N–H and O–H groups in total. The number of aromatic nitrogens is 3. The van der Waals surface area contributed by atoms with Gasteiger partial charge in [0.1, 0.15) is 4.88 Å². The van der Waals surface area contributed by atoms with Crippen LogP contribution in [0.1, 0.15) is 17.1 Å². The van der Waals surface area contributed by atoms with E-state index in [0.29, 0.717) is 22.6 Å². The number of nitrogens with zero attached hydrogens (tertiary/aromatic N) is 3. The van der Waals surface area contributed by atoms with Crippen LogP contribution in [0.3, 0.4) is 0 Å². The van der Waals surface area contributed by atoms with Crippen LogP contribution in [-0.4, -0.2) is 15.1 Å². The predicted molar refractivity (Wildman–Crippen MR) is 85.3 cm³/mol. The molecule has 5 nitrogen and oxygen atoms in total. The fourth-order valence-electron chi connectivity index (χ4n) is 1.88. The largest absolute Gasteiger partial charge is 0.375 e. The van der Waals surface area contributed by atoms with Crippen molar-refractivity contribution in [3.8, 4) is 10.8 Å². The van der Waals surface area contributed by atoms with Gasteiger partial charge in [0.2, 0.25) is 0 Å². The molecule has 7 heteroatoms. The first-order valence-corrected chi connectivity index (χ1v) is 8.18. The summed E-state index contributed by atoms with van der Waals surface area (Å²) in [5.41, 5.74) is 7.75. The molecule has 0 atom stereocenters. The lowest BCUT2D eigenvalue weighted by Crippen LogP contribution is -1.86. The van der Waals surface area contributed by atoms with Crippen LogP contribution in [0.4, 0.5) is 5.13 Å². The summed E-state index contributed by atoms with van der Waals surface area (Å²) in [6.07, 6.45) is 0. The minimum Gasteiger partial charge on any atom is -0.375 e. The maximum atomic E-state index is 5.69. The third-order valence-corrected chi connectivity index (χ3v) is 5.07. The summed E-state index contributed by atoms with van der Waals surface area (Å²) in [5.74, 6) is 1.83. The summed E-state index contributed by atoms with van der Waals surface area (Å²) < 4.78 is 5.30. The quantitative estimate of drug-likeness (QED) is 0.739. The van der Waals surface area contributed by atoms with E-state index in [1.165, 1.54) is 21.8 Å². The number of thioether (sulfide) groups is 1. The van der Waals surface area contributed by atoms with E-state index < -0.39 is 0 Å². The molecule has 1 aromatic carbocycles. The molecule has 2 aromatic heterocycles. The lowest BCUT2D eigenvalue weighted by molar-refractivity contribution is 0.425. The van der Waals surface area contributed by atoms with Gasteiger partial charge in [-0.3, -0.25) is 0 Å². The molecule has 0 aliphatic heterocycles. The highest BCUT2D eigenvalue weighted by Crippen LogP contribution is 2.31. The first-order chi connectivity index (χ1) is 10.1. The Balaban J connectivity index is 1.74. The van der Waals surface area contributed by atoms with Crippen LogP contribution < -0.4 is 5.73 Å². The molecule has 0 saturated heterocycles. The highest BCUT2D eigenvalue weighted by atomic mass is 32.2. The average Bonchev–Trinajstić information content (AvgIpc) is 3.04. The van der Waals surface area contributed by atoms with E-state index in [1.54, 1.807) is 11.8 Å². The van der Waals surface area contributed by atoms with Crippen LogP contribution in [-0.2, 0) is 5.75 Å². The lowest BCUT2D eigenvalue weighted by atomic mass is 10.2. The Labute approximate surface area is 130 Å². The van der Waals surface area contributed by atoms with Gasteiger partial charge in [-0.05, 0) is 25.5 Å². The predicted octanol–water partition coefficient (Wildman–Crippen LogP) is 3.68. The molecule has 0 spiro atoms. The van der Waals surface area contributed by atoms with Gasteiger partial charge in [0.15, 0.2) is 11.0 Å². The van der Waals surface area contributed by atoms with E-state index in [2.05, 4.69) is 34.2 Å². The van der Waals surface area contributed by atoms with Gasteiger partial charge in [0.05, 0.1) is 11.4 Å². The summed E-state index contributed by atoms with van der Waals surface area (Å²) in [7, 11) is 0. The lowest BCUT2D eigenvalue weighted by Gasteiger charge is -2.01. The minimum absolute atomic E-state index is 0.488. The van der Waals surface area contributed by atoms with Gasteiger partial charge in [0.25, 0.3) is 5.89 Å². The third kappa shape index (κ3) is 3.08. The van der Waals surface area contributed by atoms with Gasteiger partial charge in [-0.1, -0.05) is 34.7 Å². The topological polar surface area (TPSA) is 77.8 Å². The number of thiazole rings is 1. The fraction of sp³-hybridized carbons (Fsp3) is 0.214. The van der Waals surface area contributed by atoms with Crippen LogP contribution >= 0.6 is 23.1 Å². The second kappa shape index (κ2) is 5.87. The minimum atomic E-state index is 0.488. The van der Waals surface area contributed by atoms with Crippen molar-refractivity contribution in [3.63, 3.8) is 0 Å². The molecule has 0 bridgehead atoms. The Hall–Kier alpha value is -1.86. The van der Waals surface area contributed by atoms with E-state index in [4.69, 9.17) is 10.3 Å². The monoisotopic (exact) mass is 318 g/mol. The number of nitrogens with two attached hydrogens (primary N) is 1. The Kier molecular flexibility index (Phi) is 3.94. The van der Waals surface area contributed by atoms with Gasteiger partial charge in [-0.2, -0.15) is 4.98 Å². The summed E-state index contributed by atoms with van der Waals surface area (Å²) in [6, 6.07) is 8.24. The molecule has 0 aliphatic carbocycles. The van der Waals surface area contributed by atoms with Crippen LogP contribution in [0.2, 0.25) is 0 Å². The van der Waals surface area contributed by atoms with Gasteiger partial charge >= 0.3 is 0 Å². The van der Waals surface area contributed by atoms with E-state index in [0.717, 1.165) is 10.6 Å². The van der Waals surface area contributed by atoms with Crippen LogP contribution in [0.25, 0.3) is 10.8 Å². The van der Waals surface area contributed by atoms with Crippen molar-refractivity contribution in [1.29, 1.82) is 0 Å².